The molecule has 0 saturated carbocycles. The summed E-state index contributed by atoms with van der Waals surface area (Å²) in [6, 6.07) is 5.27. The third-order valence-corrected chi connectivity index (χ3v) is 4.30. The number of nitrogens with one attached hydrogen (secondary N) is 1. The van der Waals surface area contributed by atoms with E-state index in [-0.39, 0.29) is 5.02 Å². The zero-order valence-electron chi connectivity index (χ0n) is 12.5. The van der Waals surface area contributed by atoms with Crippen LogP contribution in [0.25, 0.3) is 0 Å². The summed E-state index contributed by atoms with van der Waals surface area (Å²) in [5.41, 5.74) is -0.0672. The van der Waals surface area contributed by atoms with E-state index < -0.39 is 17.3 Å². The molecule has 0 bridgehead atoms. The van der Waals surface area contributed by atoms with E-state index in [0.29, 0.717) is 37.6 Å². The van der Waals surface area contributed by atoms with Crippen LogP contribution in [0.3, 0.4) is 0 Å². The Kier molecular flexibility index (Phi) is 4.40. The number of rotatable bonds is 2. The molecule has 1 N–H and O–H groups in total. The van der Waals surface area contributed by atoms with Gasteiger partial charge in [-0.15, -0.1) is 0 Å². The molecular weight excluding hydrogens is 345 g/mol. The molecule has 1 aliphatic rings. The number of aromatic amines is 1. The smallest absolute Gasteiger partial charge is 0.368 e. The van der Waals surface area contributed by atoms with E-state index in [1.54, 1.807) is 6.07 Å². The largest absolute Gasteiger partial charge is 0.416 e. The van der Waals surface area contributed by atoms with Crippen LogP contribution in [0, 0.1) is 0 Å². The number of halogens is 4. The average Bonchev–Trinajstić information content (AvgIpc) is 2.57. The van der Waals surface area contributed by atoms with Crippen LogP contribution in [0.15, 0.2) is 35.3 Å². The van der Waals surface area contributed by atoms with Crippen molar-refractivity contribution >= 4 is 23.0 Å². The summed E-state index contributed by atoms with van der Waals surface area (Å²) in [6.45, 7) is 2.09. The Hall–Kier alpha value is -2.22. The van der Waals surface area contributed by atoms with Crippen molar-refractivity contribution < 1.29 is 13.2 Å². The molecule has 1 fully saturated rings. The van der Waals surface area contributed by atoms with E-state index in [9.17, 15) is 18.0 Å². The highest BCUT2D eigenvalue weighted by atomic mass is 35.5. The molecule has 0 spiro atoms. The number of nitrogens with zero attached hydrogens (tertiary/aromatic N) is 3. The van der Waals surface area contributed by atoms with Crippen LogP contribution >= 0.6 is 11.6 Å². The zero-order chi connectivity index (χ0) is 17.3. The lowest BCUT2D eigenvalue weighted by atomic mass is 10.1. The first-order chi connectivity index (χ1) is 11.4. The molecule has 9 heteroatoms. The zero-order valence-corrected chi connectivity index (χ0v) is 13.2. The number of piperazine rings is 1. The summed E-state index contributed by atoms with van der Waals surface area (Å²) >= 11 is 5.99. The van der Waals surface area contributed by atoms with Gasteiger partial charge in [0.25, 0.3) is 5.56 Å². The Bertz CT molecular complexity index is 785. The van der Waals surface area contributed by atoms with Crippen molar-refractivity contribution in [2.75, 3.05) is 36.0 Å². The fraction of sp³-hybridized carbons (Fsp3) is 0.333. The predicted octanol–water partition coefficient (Wildman–Crippen LogP) is 2.77. The van der Waals surface area contributed by atoms with Crippen LogP contribution < -0.4 is 15.4 Å². The lowest BCUT2D eigenvalue weighted by molar-refractivity contribution is -0.137. The van der Waals surface area contributed by atoms with Gasteiger partial charge in [-0.1, -0.05) is 17.7 Å². The Morgan fingerprint density at radius 2 is 1.79 bits per heavy atom. The van der Waals surface area contributed by atoms with Gasteiger partial charge in [-0.05, 0) is 18.2 Å². The Morgan fingerprint density at radius 1 is 1.12 bits per heavy atom. The van der Waals surface area contributed by atoms with Gasteiger partial charge in [0.15, 0.2) is 0 Å². The van der Waals surface area contributed by atoms with Gasteiger partial charge in [0.05, 0.1) is 17.4 Å². The standard InChI is InChI=1S/C15H14ClF3N4O/c16-13-12(9-20-21-14(13)24)23-6-4-22(5-7-23)11-3-1-2-10(8-11)15(17,18)19/h1-3,8-9H,4-7H2,(H,21,24). The minimum absolute atomic E-state index is 0.0671. The van der Waals surface area contributed by atoms with Crippen LogP contribution in [0.1, 0.15) is 5.56 Å². The summed E-state index contributed by atoms with van der Waals surface area (Å²) in [5.74, 6) is 0. The molecule has 1 aromatic carbocycles. The summed E-state index contributed by atoms with van der Waals surface area (Å²) in [4.78, 5) is 15.3. The summed E-state index contributed by atoms with van der Waals surface area (Å²) in [5, 5.41) is 6.05. The molecule has 1 aliphatic heterocycles. The molecule has 1 aromatic heterocycles. The number of H-pyrrole nitrogens is 1. The molecule has 24 heavy (non-hydrogen) atoms. The van der Waals surface area contributed by atoms with Gasteiger partial charge in [0.1, 0.15) is 5.02 Å². The molecule has 0 atom stereocenters. The fourth-order valence-corrected chi connectivity index (χ4v) is 2.89. The summed E-state index contributed by atoms with van der Waals surface area (Å²) < 4.78 is 38.5. The topological polar surface area (TPSA) is 52.2 Å². The van der Waals surface area contributed by atoms with Gasteiger partial charge >= 0.3 is 6.18 Å². The molecule has 0 amide bonds. The van der Waals surface area contributed by atoms with E-state index in [0.717, 1.165) is 12.1 Å². The van der Waals surface area contributed by atoms with E-state index >= 15 is 0 Å². The van der Waals surface area contributed by atoms with Crippen molar-refractivity contribution in [1.82, 2.24) is 10.2 Å². The molecule has 0 radical (unpaired) electrons. The molecule has 5 nitrogen and oxygen atoms in total. The van der Waals surface area contributed by atoms with Gasteiger partial charge in [-0.3, -0.25) is 4.79 Å². The highest BCUT2D eigenvalue weighted by molar-refractivity contribution is 6.33. The van der Waals surface area contributed by atoms with Crippen LogP contribution in [0.4, 0.5) is 24.5 Å². The van der Waals surface area contributed by atoms with Crippen molar-refractivity contribution in [2.24, 2.45) is 0 Å². The van der Waals surface area contributed by atoms with Gasteiger partial charge in [0, 0.05) is 31.9 Å². The van der Waals surface area contributed by atoms with E-state index in [1.807, 2.05) is 9.80 Å². The van der Waals surface area contributed by atoms with Crippen molar-refractivity contribution in [2.45, 2.75) is 6.18 Å². The third kappa shape index (κ3) is 3.33. The van der Waals surface area contributed by atoms with E-state index in [2.05, 4.69) is 10.2 Å². The first kappa shape index (κ1) is 16.6. The predicted molar refractivity (Wildman–Crippen MR) is 85.7 cm³/mol. The molecule has 3 rings (SSSR count). The molecule has 2 heterocycles. The van der Waals surface area contributed by atoms with Crippen molar-refractivity contribution in [3.8, 4) is 0 Å². The number of benzene rings is 1. The number of anilines is 2. The SMILES string of the molecule is O=c1[nH]ncc(N2CCN(c3cccc(C(F)(F)F)c3)CC2)c1Cl. The van der Waals surface area contributed by atoms with Gasteiger partial charge in [0.2, 0.25) is 0 Å². The van der Waals surface area contributed by atoms with Crippen LogP contribution in [-0.2, 0) is 6.18 Å². The molecule has 128 valence electrons. The fourth-order valence-electron chi connectivity index (χ4n) is 2.68. The summed E-state index contributed by atoms with van der Waals surface area (Å²) in [7, 11) is 0. The van der Waals surface area contributed by atoms with Crippen molar-refractivity contribution in [3.63, 3.8) is 0 Å². The molecule has 2 aromatic rings. The van der Waals surface area contributed by atoms with E-state index in [4.69, 9.17) is 11.6 Å². The van der Waals surface area contributed by atoms with Crippen LogP contribution in [-0.4, -0.2) is 36.4 Å². The average molecular weight is 359 g/mol. The van der Waals surface area contributed by atoms with Gasteiger partial charge < -0.3 is 9.80 Å². The Labute approximate surface area is 140 Å². The number of alkyl halides is 3. The molecule has 0 unspecified atom stereocenters. The Morgan fingerprint density at radius 3 is 2.46 bits per heavy atom. The molecule has 1 saturated heterocycles. The lowest BCUT2D eigenvalue weighted by Crippen LogP contribution is -2.47. The summed E-state index contributed by atoms with van der Waals surface area (Å²) in [6.07, 6.45) is -2.88. The second-order valence-electron chi connectivity index (χ2n) is 5.42. The lowest BCUT2D eigenvalue weighted by Gasteiger charge is -2.37. The maximum Gasteiger partial charge on any atom is 0.416 e. The quantitative estimate of drug-likeness (QED) is 0.897. The maximum absolute atomic E-state index is 12.8. The minimum atomic E-state index is -4.36. The van der Waals surface area contributed by atoms with Gasteiger partial charge in [-0.2, -0.15) is 18.3 Å². The minimum Gasteiger partial charge on any atom is -0.368 e. The highest BCUT2D eigenvalue weighted by Gasteiger charge is 2.31. The Balaban J connectivity index is 1.74. The second-order valence-corrected chi connectivity index (χ2v) is 5.80. The highest BCUT2D eigenvalue weighted by Crippen LogP contribution is 2.32. The van der Waals surface area contributed by atoms with Gasteiger partial charge in [-0.25, -0.2) is 5.10 Å². The maximum atomic E-state index is 12.8. The monoisotopic (exact) mass is 358 g/mol. The van der Waals surface area contributed by atoms with Crippen LogP contribution in [0.5, 0.6) is 0 Å². The van der Waals surface area contributed by atoms with E-state index in [1.165, 1.54) is 12.3 Å². The number of hydrogen-bond donors (Lipinski definition) is 1. The number of hydrogen-bond acceptors (Lipinski definition) is 4. The normalized spacial score (nSPS) is 15.7. The second kappa shape index (κ2) is 6.35. The molecular formula is C15H14ClF3N4O. The first-order valence-corrected chi connectivity index (χ1v) is 7.64. The number of aromatic nitrogens is 2. The third-order valence-electron chi connectivity index (χ3n) is 3.94. The first-order valence-electron chi connectivity index (χ1n) is 7.26. The van der Waals surface area contributed by atoms with Crippen molar-refractivity contribution in [3.05, 3.63) is 51.4 Å². The van der Waals surface area contributed by atoms with Crippen LogP contribution in [0.2, 0.25) is 5.02 Å². The molecule has 0 aliphatic carbocycles. The van der Waals surface area contributed by atoms with Crippen molar-refractivity contribution in [1.29, 1.82) is 0 Å².